The number of aliphatic hydroxyl groups excluding tert-OH is 1. The number of amides is 1. The molecule has 2 heterocycles. The molecule has 1 fully saturated rings. The Balaban J connectivity index is 2.15. The Kier molecular flexibility index (Phi) is 4.03. The van der Waals surface area contributed by atoms with Crippen LogP contribution in [-0.2, 0) is 19.6 Å². The molecule has 0 atom stereocenters. The highest BCUT2D eigenvalue weighted by atomic mass is 32.2. The Morgan fingerprint density at radius 2 is 1.91 bits per heavy atom. The van der Waals surface area contributed by atoms with Gasteiger partial charge in [0.05, 0.1) is 18.1 Å². The molecule has 1 amide bonds. The molecular formula is C15H18N2O5S. The first-order valence-electron chi connectivity index (χ1n) is 7.41. The van der Waals surface area contributed by atoms with Gasteiger partial charge < -0.3 is 14.7 Å². The Morgan fingerprint density at radius 3 is 2.57 bits per heavy atom. The number of sulfonamides is 1. The van der Waals surface area contributed by atoms with Crippen LogP contribution in [0.25, 0.3) is 5.76 Å². The van der Waals surface area contributed by atoms with Crippen LogP contribution < -0.4 is 0 Å². The second-order valence-corrected chi connectivity index (χ2v) is 7.10. The van der Waals surface area contributed by atoms with Crippen LogP contribution in [0.15, 0.2) is 34.9 Å². The van der Waals surface area contributed by atoms with Crippen LogP contribution in [0.1, 0.15) is 12.5 Å². The van der Waals surface area contributed by atoms with Gasteiger partial charge in [-0.05, 0) is 19.1 Å². The van der Waals surface area contributed by atoms with Gasteiger partial charge in [0.25, 0.3) is 15.9 Å². The molecule has 1 saturated heterocycles. The molecule has 8 heteroatoms. The zero-order chi connectivity index (χ0) is 16.6. The minimum Gasteiger partial charge on any atom is -0.505 e. The topological polar surface area (TPSA) is 87.2 Å². The molecule has 7 nitrogen and oxygen atoms in total. The number of likely N-dealkylation sites (N-methyl/N-ethyl adjacent to an activating group) is 1. The zero-order valence-corrected chi connectivity index (χ0v) is 13.5. The maximum Gasteiger partial charge on any atom is 0.275 e. The van der Waals surface area contributed by atoms with E-state index in [9.17, 15) is 18.3 Å². The standard InChI is InChI=1S/C15H18N2O5S/c1-2-17-13(15(19)16-7-9-22-10-8-16)14(18)11-5-3-4-6-12(11)23(17,20)21/h3-6,18H,2,7-10H2,1H3. The van der Waals surface area contributed by atoms with E-state index < -0.39 is 15.9 Å². The molecular weight excluding hydrogens is 320 g/mol. The van der Waals surface area contributed by atoms with Gasteiger partial charge in [0, 0.05) is 25.2 Å². The fourth-order valence-electron chi connectivity index (χ4n) is 2.82. The van der Waals surface area contributed by atoms with E-state index in [0.29, 0.717) is 26.3 Å². The lowest BCUT2D eigenvalue weighted by Crippen LogP contribution is -2.47. The van der Waals surface area contributed by atoms with E-state index >= 15 is 0 Å². The number of carbonyl (C=O) groups is 1. The van der Waals surface area contributed by atoms with Gasteiger partial charge in [0.15, 0.2) is 11.5 Å². The van der Waals surface area contributed by atoms with E-state index in [1.54, 1.807) is 19.1 Å². The number of benzene rings is 1. The van der Waals surface area contributed by atoms with Crippen LogP contribution in [-0.4, -0.2) is 61.5 Å². The van der Waals surface area contributed by atoms with Crippen molar-refractivity contribution in [2.45, 2.75) is 11.8 Å². The number of rotatable bonds is 2. The van der Waals surface area contributed by atoms with E-state index in [4.69, 9.17) is 4.74 Å². The lowest BCUT2D eigenvalue weighted by Gasteiger charge is -2.34. The quantitative estimate of drug-likeness (QED) is 0.862. The van der Waals surface area contributed by atoms with Crippen molar-refractivity contribution in [3.05, 3.63) is 35.5 Å². The summed E-state index contributed by atoms with van der Waals surface area (Å²) in [5.41, 5.74) is -0.0260. The van der Waals surface area contributed by atoms with Crippen molar-refractivity contribution < 1.29 is 23.1 Å². The highest BCUT2D eigenvalue weighted by Crippen LogP contribution is 2.35. The number of nitrogens with zero attached hydrogens (tertiary/aromatic N) is 2. The zero-order valence-electron chi connectivity index (χ0n) is 12.7. The second-order valence-electron chi connectivity index (χ2n) is 5.27. The first kappa shape index (κ1) is 15.8. The summed E-state index contributed by atoms with van der Waals surface area (Å²) in [6.07, 6.45) is 0. The van der Waals surface area contributed by atoms with Crippen molar-refractivity contribution in [1.29, 1.82) is 0 Å². The molecule has 0 spiro atoms. The van der Waals surface area contributed by atoms with Crippen LogP contribution in [0.3, 0.4) is 0 Å². The fourth-order valence-corrected chi connectivity index (χ4v) is 4.50. The lowest BCUT2D eigenvalue weighted by atomic mass is 10.1. The van der Waals surface area contributed by atoms with Crippen LogP contribution in [0, 0.1) is 0 Å². The van der Waals surface area contributed by atoms with Crippen molar-refractivity contribution in [3.63, 3.8) is 0 Å². The molecule has 23 heavy (non-hydrogen) atoms. The molecule has 3 rings (SSSR count). The van der Waals surface area contributed by atoms with Crippen molar-refractivity contribution in [1.82, 2.24) is 9.21 Å². The number of hydrogen-bond acceptors (Lipinski definition) is 5. The average Bonchev–Trinajstić information content (AvgIpc) is 2.58. The molecule has 1 aromatic carbocycles. The van der Waals surface area contributed by atoms with Crippen LogP contribution in [0.5, 0.6) is 0 Å². The minimum atomic E-state index is -3.86. The van der Waals surface area contributed by atoms with Crippen molar-refractivity contribution >= 4 is 21.7 Å². The monoisotopic (exact) mass is 338 g/mol. The molecule has 1 N–H and O–H groups in total. The molecule has 2 aliphatic heterocycles. The van der Waals surface area contributed by atoms with Gasteiger partial charge in [0.2, 0.25) is 0 Å². The number of aliphatic hydroxyl groups is 1. The summed E-state index contributed by atoms with van der Waals surface area (Å²) < 4.78 is 31.7. The average molecular weight is 338 g/mol. The number of fused-ring (bicyclic) bond motifs is 1. The number of ether oxygens (including phenoxy) is 1. The number of carbonyl (C=O) groups excluding carboxylic acids is 1. The molecule has 0 aromatic heterocycles. The van der Waals surface area contributed by atoms with Gasteiger partial charge in [-0.15, -0.1) is 0 Å². The van der Waals surface area contributed by atoms with Gasteiger partial charge in [-0.3, -0.25) is 9.10 Å². The lowest BCUT2D eigenvalue weighted by molar-refractivity contribution is -0.132. The summed E-state index contributed by atoms with van der Waals surface area (Å²) in [6, 6.07) is 6.15. The molecule has 0 bridgehead atoms. The first-order chi connectivity index (χ1) is 11.0. The Morgan fingerprint density at radius 1 is 1.26 bits per heavy atom. The normalized spacial score (nSPS) is 20.4. The highest BCUT2D eigenvalue weighted by Gasteiger charge is 2.40. The molecule has 0 unspecified atom stereocenters. The van der Waals surface area contributed by atoms with Gasteiger partial charge in [-0.25, -0.2) is 8.42 Å². The molecule has 1 aromatic rings. The Labute approximate surface area is 134 Å². The Hall–Kier alpha value is -2.06. The van der Waals surface area contributed by atoms with E-state index in [0.717, 1.165) is 4.31 Å². The highest BCUT2D eigenvalue weighted by molar-refractivity contribution is 7.89. The summed E-state index contributed by atoms with van der Waals surface area (Å²) in [7, 11) is -3.86. The maximum atomic E-state index is 12.8. The molecule has 0 aliphatic carbocycles. The molecule has 0 radical (unpaired) electrons. The van der Waals surface area contributed by atoms with Crippen molar-refractivity contribution in [3.8, 4) is 0 Å². The second kappa shape index (κ2) is 5.86. The van der Waals surface area contributed by atoms with Gasteiger partial charge in [-0.1, -0.05) is 12.1 Å². The third kappa shape index (κ3) is 2.47. The van der Waals surface area contributed by atoms with E-state index in [1.165, 1.54) is 17.0 Å². The number of morpholine rings is 1. The van der Waals surface area contributed by atoms with Crippen molar-refractivity contribution in [2.75, 3.05) is 32.8 Å². The van der Waals surface area contributed by atoms with Gasteiger partial charge >= 0.3 is 0 Å². The smallest absolute Gasteiger partial charge is 0.275 e. The molecule has 2 aliphatic rings. The summed E-state index contributed by atoms with van der Waals surface area (Å²) in [5, 5.41) is 10.6. The van der Waals surface area contributed by atoms with E-state index in [-0.39, 0.29) is 28.5 Å². The van der Waals surface area contributed by atoms with Crippen LogP contribution >= 0.6 is 0 Å². The van der Waals surface area contributed by atoms with Gasteiger partial charge in [0.1, 0.15) is 0 Å². The maximum absolute atomic E-state index is 12.8. The third-order valence-corrected chi connectivity index (χ3v) is 5.90. The SMILES string of the molecule is CCN1C(C(=O)N2CCOCC2)=C(O)c2ccccc2S1(=O)=O. The van der Waals surface area contributed by atoms with E-state index in [2.05, 4.69) is 0 Å². The minimum absolute atomic E-state index is 0.0119. The number of hydrogen-bond donors (Lipinski definition) is 1. The van der Waals surface area contributed by atoms with Crippen LogP contribution in [0.2, 0.25) is 0 Å². The Bertz CT molecular complexity index is 766. The third-order valence-electron chi connectivity index (χ3n) is 3.97. The largest absolute Gasteiger partial charge is 0.505 e. The predicted octanol–water partition coefficient (Wildman–Crippen LogP) is 0.796. The summed E-state index contributed by atoms with van der Waals surface area (Å²) >= 11 is 0. The summed E-state index contributed by atoms with van der Waals surface area (Å²) in [5.74, 6) is -0.792. The van der Waals surface area contributed by atoms with Crippen LogP contribution in [0.4, 0.5) is 0 Å². The predicted molar refractivity (Wildman–Crippen MR) is 83.0 cm³/mol. The van der Waals surface area contributed by atoms with Crippen molar-refractivity contribution in [2.24, 2.45) is 0 Å². The van der Waals surface area contributed by atoms with Gasteiger partial charge in [-0.2, -0.15) is 0 Å². The summed E-state index contributed by atoms with van der Waals surface area (Å²) in [6.45, 7) is 3.23. The molecule has 0 saturated carbocycles. The summed E-state index contributed by atoms with van der Waals surface area (Å²) in [4.78, 5) is 14.3. The fraction of sp³-hybridized carbons (Fsp3) is 0.400. The molecule has 124 valence electrons. The van der Waals surface area contributed by atoms with E-state index in [1.807, 2.05) is 0 Å². The first-order valence-corrected chi connectivity index (χ1v) is 8.85.